The third kappa shape index (κ3) is 2.73. The number of nitrogen functional groups attached to an aromatic ring is 1. The van der Waals surface area contributed by atoms with Crippen LogP contribution in [0.3, 0.4) is 0 Å². The van der Waals surface area contributed by atoms with E-state index in [1.165, 1.54) is 0 Å². The molecule has 4 heteroatoms. The topological polar surface area (TPSA) is 61.3 Å². The van der Waals surface area contributed by atoms with Crippen LogP contribution >= 0.6 is 11.6 Å². The highest BCUT2D eigenvalue weighted by Crippen LogP contribution is 2.39. The lowest BCUT2D eigenvalue weighted by atomic mass is 9.93. The maximum atomic E-state index is 6.09. The third-order valence-corrected chi connectivity index (χ3v) is 3.27. The average Bonchev–Trinajstić information content (AvgIpc) is 2.41. The zero-order chi connectivity index (χ0) is 14.7. The molecular formula is C16H17ClN2O. The fraction of sp³-hybridized carbons (Fsp3) is 0.125. The van der Waals surface area contributed by atoms with Crippen molar-refractivity contribution in [3.8, 4) is 16.9 Å². The van der Waals surface area contributed by atoms with Crippen LogP contribution in [0.4, 0.5) is 5.69 Å². The SMILES string of the molecule is COc1ccc(C)c(/C=C(\N)Cl)c1-c1ccccc1N. The van der Waals surface area contributed by atoms with Crippen LogP contribution in [-0.4, -0.2) is 7.11 Å². The van der Waals surface area contributed by atoms with E-state index in [9.17, 15) is 0 Å². The summed E-state index contributed by atoms with van der Waals surface area (Å²) in [6.45, 7) is 1.99. The van der Waals surface area contributed by atoms with Gasteiger partial charge in [-0.3, -0.25) is 0 Å². The summed E-state index contributed by atoms with van der Waals surface area (Å²) < 4.78 is 5.46. The molecule has 0 bridgehead atoms. The van der Waals surface area contributed by atoms with Gasteiger partial charge in [-0.15, -0.1) is 0 Å². The van der Waals surface area contributed by atoms with E-state index in [-0.39, 0.29) is 5.16 Å². The molecule has 0 aliphatic rings. The maximum absolute atomic E-state index is 6.09. The molecular weight excluding hydrogens is 272 g/mol. The van der Waals surface area contributed by atoms with Gasteiger partial charge < -0.3 is 16.2 Å². The van der Waals surface area contributed by atoms with Gasteiger partial charge >= 0.3 is 0 Å². The third-order valence-electron chi connectivity index (χ3n) is 3.16. The molecule has 0 spiro atoms. The molecule has 2 aromatic rings. The van der Waals surface area contributed by atoms with Crippen LogP contribution in [0.2, 0.25) is 0 Å². The highest BCUT2D eigenvalue weighted by atomic mass is 35.5. The first-order valence-electron chi connectivity index (χ1n) is 6.19. The highest BCUT2D eigenvalue weighted by Gasteiger charge is 2.15. The molecule has 2 aromatic carbocycles. The average molecular weight is 289 g/mol. The first kappa shape index (κ1) is 14.3. The summed E-state index contributed by atoms with van der Waals surface area (Å²) in [5.74, 6) is 0.734. The first-order chi connectivity index (χ1) is 9.54. The van der Waals surface area contributed by atoms with E-state index in [4.69, 9.17) is 27.8 Å². The molecule has 20 heavy (non-hydrogen) atoms. The minimum absolute atomic E-state index is 0.220. The lowest BCUT2D eigenvalue weighted by molar-refractivity contribution is 0.416. The van der Waals surface area contributed by atoms with Crippen molar-refractivity contribution in [3.63, 3.8) is 0 Å². The van der Waals surface area contributed by atoms with Crippen LogP contribution in [0.1, 0.15) is 11.1 Å². The predicted molar refractivity (Wildman–Crippen MR) is 85.6 cm³/mol. The molecule has 0 amide bonds. The van der Waals surface area contributed by atoms with Gasteiger partial charge in [0.25, 0.3) is 0 Å². The second-order valence-electron chi connectivity index (χ2n) is 4.49. The van der Waals surface area contributed by atoms with Crippen LogP contribution in [0, 0.1) is 6.92 Å². The largest absolute Gasteiger partial charge is 0.496 e. The normalized spacial score (nSPS) is 11.4. The van der Waals surface area contributed by atoms with Crippen molar-refractivity contribution in [2.45, 2.75) is 6.92 Å². The highest BCUT2D eigenvalue weighted by molar-refractivity contribution is 6.31. The molecule has 0 atom stereocenters. The van der Waals surface area contributed by atoms with E-state index in [1.807, 2.05) is 43.3 Å². The molecule has 0 aliphatic carbocycles. The molecule has 0 unspecified atom stereocenters. The summed E-state index contributed by atoms with van der Waals surface area (Å²) in [6.07, 6.45) is 1.72. The first-order valence-corrected chi connectivity index (χ1v) is 6.57. The van der Waals surface area contributed by atoms with Crippen molar-refractivity contribution in [2.75, 3.05) is 12.8 Å². The van der Waals surface area contributed by atoms with E-state index in [0.717, 1.165) is 28.0 Å². The number of halogens is 1. The summed E-state index contributed by atoms with van der Waals surface area (Å²) in [6, 6.07) is 11.5. The number of hydrogen-bond acceptors (Lipinski definition) is 3. The van der Waals surface area contributed by atoms with Gasteiger partial charge in [0.15, 0.2) is 0 Å². The van der Waals surface area contributed by atoms with Crippen LogP contribution in [0.25, 0.3) is 17.2 Å². The summed E-state index contributed by atoms with van der Waals surface area (Å²) >= 11 is 5.85. The van der Waals surface area contributed by atoms with E-state index in [2.05, 4.69) is 0 Å². The quantitative estimate of drug-likeness (QED) is 0.668. The minimum atomic E-state index is 0.220. The van der Waals surface area contributed by atoms with Crippen molar-refractivity contribution in [2.24, 2.45) is 5.73 Å². The Balaban J connectivity index is 2.82. The molecule has 0 aromatic heterocycles. The van der Waals surface area contributed by atoms with Gasteiger partial charge in [-0.2, -0.15) is 0 Å². The van der Waals surface area contributed by atoms with Crippen molar-refractivity contribution < 1.29 is 4.74 Å². The fourth-order valence-electron chi connectivity index (χ4n) is 2.20. The van der Waals surface area contributed by atoms with E-state index < -0.39 is 0 Å². The summed E-state index contributed by atoms with van der Waals surface area (Å²) in [7, 11) is 1.63. The molecule has 104 valence electrons. The Kier molecular flexibility index (Phi) is 4.20. The second-order valence-corrected chi connectivity index (χ2v) is 4.93. The Morgan fingerprint density at radius 2 is 1.90 bits per heavy atom. The number of nitrogens with two attached hydrogens (primary N) is 2. The lowest BCUT2D eigenvalue weighted by Gasteiger charge is -2.16. The van der Waals surface area contributed by atoms with Gasteiger partial charge in [0.2, 0.25) is 0 Å². The Morgan fingerprint density at radius 1 is 1.20 bits per heavy atom. The molecule has 3 nitrogen and oxygen atoms in total. The molecule has 0 heterocycles. The Hall–Kier alpha value is -2.13. The molecule has 0 aliphatic heterocycles. The zero-order valence-corrected chi connectivity index (χ0v) is 12.2. The number of anilines is 1. The number of rotatable bonds is 3. The monoisotopic (exact) mass is 288 g/mol. The van der Waals surface area contributed by atoms with Crippen molar-refractivity contribution >= 4 is 23.4 Å². The zero-order valence-electron chi connectivity index (χ0n) is 11.5. The smallest absolute Gasteiger partial charge is 0.127 e. The fourth-order valence-corrected chi connectivity index (χ4v) is 2.31. The number of benzene rings is 2. The Bertz CT molecular complexity index is 662. The minimum Gasteiger partial charge on any atom is -0.496 e. The van der Waals surface area contributed by atoms with Gasteiger partial charge in [0.1, 0.15) is 5.75 Å². The standard InChI is InChI=1S/C16H17ClN2O/c1-10-7-8-14(20-2)16(12(10)9-15(17)19)11-5-3-4-6-13(11)18/h3-9H,18-19H2,1-2H3/b15-9-. The number of methoxy groups -OCH3 is 1. The van der Waals surface area contributed by atoms with Gasteiger partial charge in [-0.05, 0) is 36.3 Å². The van der Waals surface area contributed by atoms with Crippen LogP contribution < -0.4 is 16.2 Å². The Labute approximate surface area is 123 Å². The lowest BCUT2D eigenvalue weighted by Crippen LogP contribution is -1.98. The summed E-state index contributed by atoms with van der Waals surface area (Å²) in [5.41, 5.74) is 16.1. The molecule has 4 N–H and O–H groups in total. The van der Waals surface area contributed by atoms with Crippen molar-refractivity contribution in [3.05, 3.63) is 52.7 Å². The van der Waals surface area contributed by atoms with E-state index >= 15 is 0 Å². The molecule has 0 fully saturated rings. The number of aryl methyl sites for hydroxylation is 1. The van der Waals surface area contributed by atoms with Gasteiger partial charge in [-0.1, -0.05) is 35.9 Å². The van der Waals surface area contributed by atoms with Crippen molar-refractivity contribution in [1.29, 1.82) is 0 Å². The molecule has 2 rings (SSSR count). The van der Waals surface area contributed by atoms with Crippen molar-refractivity contribution in [1.82, 2.24) is 0 Å². The van der Waals surface area contributed by atoms with Crippen LogP contribution in [0.5, 0.6) is 5.75 Å². The van der Waals surface area contributed by atoms with Gasteiger partial charge in [0.05, 0.1) is 12.3 Å². The number of hydrogen-bond donors (Lipinski definition) is 2. The van der Waals surface area contributed by atoms with E-state index in [1.54, 1.807) is 13.2 Å². The molecule has 0 saturated heterocycles. The molecule has 0 radical (unpaired) electrons. The number of ether oxygens (including phenoxy) is 1. The van der Waals surface area contributed by atoms with Gasteiger partial charge in [-0.25, -0.2) is 0 Å². The van der Waals surface area contributed by atoms with Crippen LogP contribution in [-0.2, 0) is 0 Å². The summed E-state index contributed by atoms with van der Waals surface area (Å²) in [4.78, 5) is 0. The molecule has 0 saturated carbocycles. The van der Waals surface area contributed by atoms with Gasteiger partial charge in [0, 0.05) is 16.8 Å². The Morgan fingerprint density at radius 3 is 2.50 bits per heavy atom. The predicted octanol–water partition coefficient (Wildman–Crippen LogP) is 3.75. The number of para-hydroxylation sites is 1. The summed E-state index contributed by atoms with van der Waals surface area (Å²) in [5, 5.41) is 0.220. The second kappa shape index (κ2) is 5.88. The maximum Gasteiger partial charge on any atom is 0.127 e. The van der Waals surface area contributed by atoms with Crippen LogP contribution in [0.15, 0.2) is 41.6 Å². The van der Waals surface area contributed by atoms with E-state index in [0.29, 0.717) is 5.69 Å².